The Kier molecular flexibility index (Phi) is 5.78. The normalized spacial score (nSPS) is 16.1. The molecule has 4 rings (SSSR count). The van der Waals surface area contributed by atoms with Crippen molar-refractivity contribution in [2.45, 2.75) is 26.2 Å². The number of hydrogen-bond donors (Lipinski definition) is 1. The molecule has 2 aliphatic rings. The minimum atomic E-state index is -1.73. The second kappa shape index (κ2) is 8.26. The van der Waals surface area contributed by atoms with Crippen LogP contribution in [0.15, 0.2) is 47.6 Å². The summed E-state index contributed by atoms with van der Waals surface area (Å²) in [5.74, 6) is -5.87. The van der Waals surface area contributed by atoms with E-state index in [1.54, 1.807) is 12.1 Å². The van der Waals surface area contributed by atoms with Crippen LogP contribution in [0.4, 0.5) is 18.9 Å². The molecule has 0 radical (unpaired) electrons. The Balaban J connectivity index is 2.24. The van der Waals surface area contributed by atoms with Crippen LogP contribution in [0, 0.1) is 24.4 Å². The van der Waals surface area contributed by atoms with Gasteiger partial charge in [-0.05, 0) is 47.4 Å². The van der Waals surface area contributed by atoms with Gasteiger partial charge in [0.15, 0.2) is 17.3 Å². The summed E-state index contributed by atoms with van der Waals surface area (Å²) in [6, 6.07) is 5.62. The zero-order valence-electron chi connectivity index (χ0n) is 20.8. The van der Waals surface area contributed by atoms with Gasteiger partial charge in [0.1, 0.15) is 25.5 Å². The molecule has 0 spiro atoms. The molecule has 0 amide bonds. The molecule has 1 N–H and O–H groups in total. The molecular weight excluding hydrogens is 453 g/mol. The third-order valence-electron chi connectivity index (χ3n) is 6.93. The lowest BCUT2D eigenvalue weighted by molar-refractivity contribution is -0.462. The number of allylic oxidation sites excluding steroid dienone is 5. The van der Waals surface area contributed by atoms with Crippen molar-refractivity contribution < 1.29 is 27.6 Å². The molecule has 0 saturated heterocycles. The number of aromatic carboxylic acids is 1. The van der Waals surface area contributed by atoms with Gasteiger partial charge in [-0.15, -0.1) is 0 Å². The van der Waals surface area contributed by atoms with Crippen LogP contribution in [0.25, 0.3) is 5.57 Å². The maximum Gasteiger partial charge on any atom is 0.339 e. The second-order valence-electron chi connectivity index (χ2n) is 9.87. The summed E-state index contributed by atoms with van der Waals surface area (Å²) < 4.78 is 47.1. The van der Waals surface area contributed by atoms with Gasteiger partial charge >= 0.3 is 5.97 Å². The van der Waals surface area contributed by atoms with E-state index in [-0.39, 0.29) is 5.57 Å². The molecule has 7 heteroatoms. The first-order chi connectivity index (χ1) is 16.3. The molecular formula is C28H28F3N2O2+. The van der Waals surface area contributed by atoms with Gasteiger partial charge < -0.3 is 10.0 Å². The van der Waals surface area contributed by atoms with Crippen molar-refractivity contribution >= 4 is 22.9 Å². The Labute approximate surface area is 203 Å². The molecule has 2 aliphatic carbocycles. The van der Waals surface area contributed by atoms with Crippen LogP contribution in [0.3, 0.4) is 0 Å². The second-order valence-corrected chi connectivity index (χ2v) is 9.87. The molecule has 2 aromatic rings. The quantitative estimate of drug-likeness (QED) is 0.467. The van der Waals surface area contributed by atoms with Crippen LogP contribution in [-0.2, 0) is 5.41 Å². The van der Waals surface area contributed by atoms with Crippen LogP contribution in [-0.4, -0.2) is 49.6 Å². The van der Waals surface area contributed by atoms with Gasteiger partial charge in [0, 0.05) is 54.0 Å². The van der Waals surface area contributed by atoms with Crippen LogP contribution in [0.1, 0.15) is 46.5 Å². The van der Waals surface area contributed by atoms with Crippen molar-refractivity contribution in [2.24, 2.45) is 0 Å². The van der Waals surface area contributed by atoms with Gasteiger partial charge in [0.05, 0.1) is 0 Å². The number of anilines is 1. The summed E-state index contributed by atoms with van der Waals surface area (Å²) in [7, 11) is 7.62. The number of fused-ring (bicyclic) bond motifs is 2. The number of hydrogen-bond acceptors (Lipinski definition) is 2. The van der Waals surface area contributed by atoms with Gasteiger partial charge in [0.2, 0.25) is 0 Å². The van der Waals surface area contributed by atoms with Crippen LogP contribution in [0.2, 0.25) is 0 Å². The number of carbonyl (C=O) groups is 1. The van der Waals surface area contributed by atoms with E-state index in [1.165, 1.54) is 0 Å². The number of nitrogens with zero attached hydrogens (tertiary/aromatic N) is 2. The van der Waals surface area contributed by atoms with E-state index in [2.05, 4.69) is 0 Å². The molecule has 0 saturated carbocycles. The lowest BCUT2D eigenvalue weighted by atomic mass is 9.64. The molecule has 35 heavy (non-hydrogen) atoms. The SMILES string of the molecule is Cc1c(F)c(F)c(C(=O)O)c(C2=C3C=CC(=[N+](C)C)C=C3C(C)(C)c3cc(N(C)C)ccc32)c1F. The largest absolute Gasteiger partial charge is 0.478 e. The molecule has 0 bridgehead atoms. The number of carboxylic acids is 1. The molecule has 0 aliphatic heterocycles. The maximum absolute atomic E-state index is 15.7. The average Bonchev–Trinajstić information content (AvgIpc) is 2.80. The number of benzene rings is 2. The fraction of sp³-hybridized carbons (Fsp3) is 0.286. The van der Waals surface area contributed by atoms with Crippen LogP contribution in [0.5, 0.6) is 0 Å². The van der Waals surface area contributed by atoms with Crippen LogP contribution < -0.4 is 4.90 Å². The molecule has 0 heterocycles. The number of rotatable bonds is 3. The minimum absolute atomic E-state index is 0.238. The first-order valence-electron chi connectivity index (χ1n) is 11.2. The van der Waals surface area contributed by atoms with E-state index in [0.717, 1.165) is 29.5 Å². The Bertz CT molecular complexity index is 1420. The van der Waals surface area contributed by atoms with E-state index in [4.69, 9.17) is 0 Å². The summed E-state index contributed by atoms with van der Waals surface area (Å²) in [5.41, 5.74) is 2.33. The Morgan fingerprint density at radius 2 is 1.69 bits per heavy atom. The zero-order valence-corrected chi connectivity index (χ0v) is 20.8. The van der Waals surface area contributed by atoms with Gasteiger partial charge in [-0.1, -0.05) is 19.9 Å². The van der Waals surface area contributed by atoms with Gasteiger partial charge in [-0.2, -0.15) is 0 Å². The first-order valence-corrected chi connectivity index (χ1v) is 11.2. The van der Waals surface area contributed by atoms with Crippen molar-refractivity contribution in [1.82, 2.24) is 0 Å². The van der Waals surface area contributed by atoms with Gasteiger partial charge in [-0.3, -0.25) is 0 Å². The maximum atomic E-state index is 15.7. The van der Waals surface area contributed by atoms with Crippen LogP contribution >= 0.6 is 0 Å². The van der Waals surface area contributed by atoms with Crippen molar-refractivity contribution in [3.05, 3.63) is 92.8 Å². The summed E-state index contributed by atoms with van der Waals surface area (Å²) in [5, 5.41) is 9.85. The van der Waals surface area contributed by atoms with E-state index < -0.39 is 45.5 Å². The Morgan fingerprint density at radius 3 is 2.26 bits per heavy atom. The third-order valence-corrected chi connectivity index (χ3v) is 6.93. The fourth-order valence-corrected chi connectivity index (χ4v) is 4.86. The predicted octanol–water partition coefficient (Wildman–Crippen LogP) is 5.48. The third kappa shape index (κ3) is 3.61. The molecule has 182 valence electrons. The predicted molar refractivity (Wildman–Crippen MR) is 132 cm³/mol. The van der Waals surface area contributed by atoms with Crippen molar-refractivity contribution in [3.8, 4) is 0 Å². The summed E-state index contributed by atoms with van der Waals surface area (Å²) >= 11 is 0. The molecule has 0 aromatic heterocycles. The highest BCUT2D eigenvalue weighted by Crippen LogP contribution is 2.51. The summed E-state index contributed by atoms with van der Waals surface area (Å²) in [6.45, 7) is 5.21. The molecule has 4 nitrogen and oxygen atoms in total. The smallest absolute Gasteiger partial charge is 0.339 e. The lowest BCUT2D eigenvalue weighted by Crippen LogP contribution is -2.31. The van der Waals surface area contributed by atoms with E-state index >= 15 is 8.78 Å². The summed E-state index contributed by atoms with van der Waals surface area (Å²) in [6.07, 6.45) is 5.62. The van der Waals surface area contributed by atoms with Gasteiger partial charge in [-0.25, -0.2) is 22.5 Å². The first kappa shape index (κ1) is 24.5. The average molecular weight is 482 g/mol. The monoisotopic (exact) mass is 481 g/mol. The van der Waals surface area contributed by atoms with Crippen molar-refractivity contribution in [1.29, 1.82) is 0 Å². The minimum Gasteiger partial charge on any atom is -0.478 e. The molecule has 0 atom stereocenters. The Morgan fingerprint density at radius 1 is 1.03 bits per heavy atom. The van der Waals surface area contributed by atoms with Gasteiger partial charge in [0.25, 0.3) is 0 Å². The number of carboxylic acid groups (broad SMARTS) is 1. The van der Waals surface area contributed by atoms with Crippen molar-refractivity contribution in [3.63, 3.8) is 0 Å². The fourth-order valence-electron chi connectivity index (χ4n) is 4.86. The highest BCUT2D eigenvalue weighted by molar-refractivity contribution is 6.08. The lowest BCUT2D eigenvalue weighted by Gasteiger charge is -2.39. The van der Waals surface area contributed by atoms with E-state index in [0.29, 0.717) is 11.1 Å². The molecule has 0 fully saturated rings. The molecule has 0 unspecified atom stereocenters. The summed E-state index contributed by atoms with van der Waals surface area (Å²) in [4.78, 5) is 14.1. The molecule has 2 aromatic carbocycles. The topological polar surface area (TPSA) is 43.5 Å². The standard InChI is InChI=1S/C28H27F3N2O2/c1-14-24(29)22(23(27(34)35)26(31)25(14)30)21-17-10-8-15(32(4)5)12-19(17)28(2,3)20-13-16(33(6)7)9-11-18(20)21/h8-13H,1-7H3/p+1. The van der Waals surface area contributed by atoms with Crippen molar-refractivity contribution in [2.75, 3.05) is 33.1 Å². The number of halogens is 3. The Hall–Kier alpha value is -3.61. The van der Waals surface area contributed by atoms with E-state index in [9.17, 15) is 14.3 Å². The van der Waals surface area contributed by atoms with E-state index in [1.807, 2.05) is 75.8 Å². The highest BCUT2D eigenvalue weighted by atomic mass is 19.2. The highest BCUT2D eigenvalue weighted by Gasteiger charge is 2.41. The zero-order chi connectivity index (χ0) is 26.0.